The number of benzene rings is 6. The van der Waals surface area contributed by atoms with Crippen molar-refractivity contribution in [3.63, 3.8) is 0 Å². The van der Waals surface area contributed by atoms with Crippen molar-refractivity contribution in [1.29, 1.82) is 0 Å². The minimum atomic E-state index is -4.42. The van der Waals surface area contributed by atoms with Crippen LogP contribution in [0.3, 0.4) is 0 Å². The highest BCUT2D eigenvalue weighted by atomic mass is 32.2. The topological polar surface area (TPSA) is 359 Å². The van der Waals surface area contributed by atoms with E-state index in [9.17, 15) is 32.1 Å². The van der Waals surface area contributed by atoms with E-state index in [1.807, 2.05) is 60.7 Å². The van der Waals surface area contributed by atoms with Crippen LogP contribution in [0.15, 0.2) is 229 Å². The van der Waals surface area contributed by atoms with Gasteiger partial charge in [0.25, 0.3) is 21.9 Å². The summed E-state index contributed by atoms with van der Waals surface area (Å²) in [5, 5.41) is 3.65. The van der Waals surface area contributed by atoms with Gasteiger partial charge in [0.15, 0.2) is 11.4 Å². The lowest BCUT2D eigenvalue weighted by Crippen LogP contribution is -2.32. The molecule has 7 heterocycles. The van der Waals surface area contributed by atoms with Crippen molar-refractivity contribution in [3.05, 3.63) is 280 Å². The van der Waals surface area contributed by atoms with Gasteiger partial charge in [-0.25, -0.2) is 14.8 Å². The SMILES string of the molecule is CCN1/C(=C/C=C/C=C/C2=[N+](CC)c3ccc(C)cc3C2(C)C)C(C)(CCCC(=O)NCc2ccc(COc3nccc(N)n3)cc2)c2cc(S(=O)(=O)O)ccc21.CCN1/C(=C/C=C/C=C/C2=[N+](CC)c3ccc(C)cc3C2(C)C)C(C)(CCCC(=O)ON2C(=O)CCC2=O)c2ccccc21.NCc1ccc(COc2nccc(N)n2)cc1.O=S(=O)=O. The van der Waals surface area contributed by atoms with Crippen LogP contribution in [0.1, 0.15) is 176 Å². The molecule has 5 aliphatic heterocycles. The van der Waals surface area contributed by atoms with Gasteiger partial charge in [0.05, 0.1) is 15.7 Å². The molecule has 0 bridgehead atoms. The third-order valence-corrected chi connectivity index (χ3v) is 23.5. The molecule has 640 valence electrons. The molecule has 0 spiro atoms. The molecule has 8 aromatic rings. The zero-order valence-electron chi connectivity index (χ0n) is 71.4. The van der Waals surface area contributed by atoms with E-state index in [2.05, 4.69) is 237 Å². The van der Waals surface area contributed by atoms with Gasteiger partial charge in [-0.1, -0.05) is 126 Å². The Balaban J connectivity index is 0.000000210. The number of carbonyl (C=O) groups is 4. The Hall–Kier alpha value is -12.4. The highest BCUT2D eigenvalue weighted by Crippen LogP contribution is 2.53. The third kappa shape index (κ3) is 22.0. The normalized spacial score (nSPS) is 18.0. The first-order valence-electron chi connectivity index (χ1n) is 41.0. The molecule has 28 heteroatoms. The van der Waals surface area contributed by atoms with Crippen LogP contribution in [0.4, 0.5) is 34.4 Å². The number of allylic oxidation sites excluding steroid dienone is 12. The Morgan fingerprint density at radius 3 is 1.48 bits per heavy atom. The van der Waals surface area contributed by atoms with Crippen molar-refractivity contribution in [3.8, 4) is 12.0 Å². The van der Waals surface area contributed by atoms with Gasteiger partial charge >= 0.3 is 28.6 Å². The molecule has 1 fully saturated rings. The minimum absolute atomic E-state index is 0.0802. The van der Waals surface area contributed by atoms with Gasteiger partial charge in [-0.3, -0.25) is 18.9 Å². The van der Waals surface area contributed by atoms with Crippen LogP contribution in [-0.4, -0.2) is 121 Å². The number of aryl methyl sites for hydroxylation is 2. The molecule has 0 saturated carbocycles. The van der Waals surface area contributed by atoms with Gasteiger partial charge in [0.1, 0.15) is 37.9 Å². The van der Waals surface area contributed by atoms with Gasteiger partial charge in [-0.05, 0) is 203 Å². The van der Waals surface area contributed by atoms with E-state index < -0.39 is 43.9 Å². The number of ether oxygens (including phenoxy) is 2. The summed E-state index contributed by atoms with van der Waals surface area (Å²) in [6, 6.07) is 45.9. The second-order valence-electron chi connectivity index (χ2n) is 31.6. The van der Waals surface area contributed by atoms with Crippen LogP contribution in [0.5, 0.6) is 12.0 Å². The molecule has 0 radical (unpaired) electrons. The lowest BCUT2D eigenvalue weighted by Gasteiger charge is -2.30. The van der Waals surface area contributed by atoms with Gasteiger partial charge < -0.3 is 46.6 Å². The molecule has 6 aromatic carbocycles. The number of amides is 3. The van der Waals surface area contributed by atoms with Crippen LogP contribution in [0.25, 0.3) is 0 Å². The molecular weight excluding hydrogens is 1580 g/mol. The fourth-order valence-electron chi connectivity index (χ4n) is 16.3. The molecule has 2 aromatic heterocycles. The monoisotopic (exact) mass is 1690 g/mol. The summed E-state index contributed by atoms with van der Waals surface area (Å²) < 4.78 is 75.6. The maximum atomic E-state index is 13.1. The first-order chi connectivity index (χ1) is 58.2. The Morgan fingerprint density at radius 1 is 0.566 bits per heavy atom. The summed E-state index contributed by atoms with van der Waals surface area (Å²) in [5.41, 5.74) is 36.1. The molecule has 26 nitrogen and oxygen atoms in total. The van der Waals surface area contributed by atoms with E-state index in [1.54, 1.807) is 36.7 Å². The summed E-state index contributed by atoms with van der Waals surface area (Å²) in [5.74, 6) is -0.818. The second-order valence-corrected chi connectivity index (χ2v) is 33.5. The number of nitrogens with two attached hydrogens (primary N) is 3. The number of imide groups is 1. The number of hydroxylamine groups is 2. The van der Waals surface area contributed by atoms with Gasteiger partial charge in [0.2, 0.25) is 17.3 Å². The molecular formula is C94H111N13O13S2+2. The Kier molecular flexibility index (Phi) is 30.7. The number of anilines is 4. The number of para-hydroxylation sites is 1. The lowest BCUT2D eigenvalue weighted by molar-refractivity contribution is -0.433. The van der Waals surface area contributed by atoms with Crippen molar-refractivity contribution in [2.24, 2.45) is 5.73 Å². The number of hydrogen-bond donors (Lipinski definition) is 5. The van der Waals surface area contributed by atoms with E-state index in [1.165, 1.54) is 68.1 Å². The predicted molar refractivity (Wildman–Crippen MR) is 474 cm³/mol. The largest absolute Gasteiger partial charge is 0.459 e. The fourth-order valence-corrected chi connectivity index (χ4v) is 16.8. The van der Waals surface area contributed by atoms with Gasteiger partial charge in [0, 0.05) is 133 Å². The number of rotatable bonds is 29. The minimum Gasteiger partial charge on any atom is -0.459 e. The number of carbonyl (C=O) groups excluding carboxylic acids is 4. The number of fused-ring (bicyclic) bond motifs is 4. The molecule has 3 amide bonds. The molecule has 122 heavy (non-hydrogen) atoms. The molecule has 8 N–H and O–H groups in total. The van der Waals surface area contributed by atoms with Crippen LogP contribution in [0, 0.1) is 13.8 Å². The van der Waals surface area contributed by atoms with E-state index >= 15 is 0 Å². The smallest absolute Gasteiger partial charge is 0.425 e. The molecule has 1 saturated heterocycles. The lowest BCUT2D eigenvalue weighted by atomic mass is 9.77. The maximum absolute atomic E-state index is 13.1. The van der Waals surface area contributed by atoms with E-state index in [-0.39, 0.29) is 71.4 Å². The zero-order valence-corrected chi connectivity index (χ0v) is 73.1. The quantitative estimate of drug-likeness (QED) is 0.0126. The van der Waals surface area contributed by atoms with Crippen molar-refractivity contribution in [2.75, 3.05) is 47.4 Å². The van der Waals surface area contributed by atoms with Crippen molar-refractivity contribution in [2.45, 2.75) is 187 Å². The molecule has 0 aliphatic carbocycles. The number of nitrogens with zero attached hydrogens (tertiary/aromatic N) is 9. The van der Waals surface area contributed by atoms with Crippen LogP contribution in [0.2, 0.25) is 0 Å². The van der Waals surface area contributed by atoms with Crippen LogP contribution in [-0.2, 0) is 92.7 Å². The maximum Gasteiger partial charge on any atom is 0.425 e. The summed E-state index contributed by atoms with van der Waals surface area (Å²) in [7, 11) is -7.54. The number of likely N-dealkylation sites (N-methyl/N-ethyl adjacent to an activating group) is 2. The van der Waals surface area contributed by atoms with E-state index in [4.69, 9.17) is 44.1 Å². The van der Waals surface area contributed by atoms with E-state index in [0.29, 0.717) is 68.6 Å². The summed E-state index contributed by atoms with van der Waals surface area (Å²) in [6.45, 7) is 31.2. The van der Waals surface area contributed by atoms with Crippen molar-refractivity contribution >= 4 is 90.2 Å². The predicted octanol–water partition coefficient (Wildman–Crippen LogP) is 14.9. The molecule has 13 rings (SSSR count). The number of hydrogen-bond acceptors (Lipinski definition) is 21. The highest BCUT2D eigenvalue weighted by Gasteiger charge is 2.47. The zero-order chi connectivity index (χ0) is 88.3. The highest BCUT2D eigenvalue weighted by molar-refractivity contribution is 7.85. The third-order valence-electron chi connectivity index (χ3n) is 22.6. The Morgan fingerprint density at radius 2 is 1.02 bits per heavy atom. The summed E-state index contributed by atoms with van der Waals surface area (Å²) >= 11 is 0. The van der Waals surface area contributed by atoms with Crippen molar-refractivity contribution in [1.82, 2.24) is 30.3 Å². The van der Waals surface area contributed by atoms with Crippen LogP contribution < -0.4 is 41.8 Å². The summed E-state index contributed by atoms with van der Waals surface area (Å²) in [4.78, 5) is 74.8. The van der Waals surface area contributed by atoms with Gasteiger partial charge in [-0.15, -0.1) is 17.7 Å². The molecule has 5 aliphatic rings. The first-order valence-corrected chi connectivity index (χ1v) is 43.4. The molecule has 2 unspecified atom stereocenters. The second kappa shape index (κ2) is 40.8. The van der Waals surface area contributed by atoms with Gasteiger partial charge in [-0.2, -0.15) is 27.5 Å². The Labute approximate surface area is 716 Å². The average molecular weight is 1700 g/mol. The summed E-state index contributed by atoms with van der Waals surface area (Å²) in [6.07, 6.45) is 27.2. The fraction of sp³-hybridized carbons (Fsp3) is 0.340. The average Bonchev–Trinajstić information content (AvgIpc) is 2.30. The number of nitrogen functional groups attached to an aromatic ring is 2. The Bertz CT molecular complexity index is 5680. The standard InChI is InChI=1S/C45H52N6O5S.C37H44N3O4.C12H14N4O.O3S/c1-7-50-37-22-16-31(3)27-35(37)44(4,5)39(50)13-10-9-11-14-40-45(6,36-28-34(57(53,54)55)21-23-38(36)51(40)8-2)25-12-15-42(52)48-29-32-17-19-33(20-18-32)30-56-43-47-26-24-41(46)49-43;1-7-38-30-21-20-26(3)25-28(30)36(4,5)31(38)17-10-9-11-18-32-37(6,27-15-12-13-16-29(27)39(32)8-2)24-14-19-35(43)44-40-33(41)22-23-34(40)42;13-7-9-1-3-10(4-2-9)8-17-12-15-6-5-11(14)16-12;1-4(2)3/h9-11,13-14,16-24,26-28H,7-8,12,15,25,29-30H2,1-6H3,(H3-,46,47,48,49,52,53,54,55);9-13,15-18,20-21,25H,7-8,14,19,22-24H2,1-6H3;1-6H,7-8,13H2,(H2,14,15,16);/q;+1;;/p+1. The first kappa shape index (κ1) is 91.9. The van der Waals surface area contributed by atoms with Crippen molar-refractivity contribution < 1.29 is 68.2 Å². The molecule has 2 atom stereocenters. The van der Waals surface area contributed by atoms with E-state index in [0.717, 1.165) is 58.8 Å². The number of nitrogens with one attached hydrogen (secondary N) is 1. The van der Waals surface area contributed by atoms with Crippen LogP contribution >= 0.6 is 0 Å². The number of aromatic nitrogens is 4.